The molecule has 0 aromatic heterocycles. The number of allylic oxidation sites excluding steroid dienone is 3. The quantitative estimate of drug-likeness (QED) is 0.718. The van der Waals surface area contributed by atoms with Gasteiger partial charge in [-0.3, -0.25) is 0 Å². The van der Waals surface area contributed by atoms with E-state index in [0.717, 1.165) is 12.0 Å². The van der Waals surface area contributed by atoms with Crippen LogP contribution in [0.15, 0.2) is 29.9 Å². The summed E-state index contributed by atoms with van der Waals surface area (Å²) in [6.07, 6.45) is 5.99. The molecule has 0 atom stereocenters. The number of halogens is 2. The monoisotopic (exact) mass is 193 g/mol. The average Bonchev–Trinajstić information content (AvgIpc) is 2.95. The molecule has 72 valence electrons. The maximum absolute atomic E-state index is 13.3. The van der Waals surface area contributed by atoms with Crippen LogP contribution in [0.1, 0.15) is 12.0 Å². The summed E-state index contributed by atoms with van der Waals surface area (Å²) in [7, 11) is 0. The van der Waals surface area contributed by atoms with Gasteiger partial charge in [0, 0.05) is 5.56 Å². The zero-order valence-corrected chi connectivity index (χ0v) is 7.43. The van der Waals surface area contributed by atoms with E-state index in [1.807, 2.05) is 6.08 Å². The standard InChI is InChI=1S/C11H9F2N/c12-9-5-6-10(14)11(13)8(9)4-3-7-1-2-7/h1,3-6H,2,14H2. The molecule has 1 aromatic carbocycles. The van der Waals surface area contributed by atoms with Crippen molar-refractivity contribution in [2.75, 3.05) is 5.73 Å². The van der Waals surface area contributed by atoms with E-state index in [9.17, 15) is 8.78 Å². The molecule has 3 heteroatoms. The van der Waals surface area contributed by atoms with E-state index in [0.29, 0.717) is 0 Å². The van der Waals surface area contributed by atoms with Crippen LogP contribution < -0.4 is 5.73 Å². The molecule has 14 heavy (non-hydrogen) atoms. The molecule has 0 saturated carbocycles. The van der Waals surface area contributed by atoms with E-state index in [1.54, 1.807) is 6.08 Å². The normalized spacial score (nSPS) is 14.6. The molecule has 2 N–H and O–H groups in total. The highest BCUT2D eigenvalue weighted by atomic mass is 19.1. The van der Waals surface area contributed by atoms with Gasteiger partial charge in [-0.25, -0.2) is 8.78 Å². The molecular weight excluding hydrogens is 184 g/mol. The Kier molecular flexibility index (Phi) is 2.08. The lowest BCUT2D eigenvalue weighted by molar-refractivity contribution is 0.582. The molecule has 2 rings (SSSR count). The van der Waals surface area contributed by atoms with Crippen molar-refractivity contribution in [3.8, 4) is 0 Å². The van der Waals surface area contributed by atoms with Crippen LogP contribution in [0.5, 0.6) is 0 Å². The van der Waals surface area contributed by atoms with Gasteiger partial charge in [0.25, 0.3) is 0 Å². The summed E-state index contributed by atoms with van der Waals surface area (Å²) in [5, 5.41) is 0. The van der Waals surface area contributed by atoms with Gasteiger partial charge in [-0.2, -0.15) is 0 Å². The van der Waals surface area contributed by atoms with Crippen molar-refractivity contribution >= 4 is 11.8 Å². The lowest BCUT2D eigenvalue weighted by Gasteiger charge is -2.01. The van der Waals surface area contributed by atoms with Crippen molar-refractivity contribution in [2.24, 2.45) is 0 Å². The Hall–Kier alpha value is -1.64. The van der Waals surface area contributed by atoms with Crippen LogP contribution in [0.2, 0.25) is 0 Å². The molecule has 0 saturated heterocycles. The maximum atomic E-state index is 13.3. The second-order valence-corrected chi connectivity index (χ2v) is 3.18. The second-order valence-electron chi connectivity index (χ2n) is 3.18. The van der Waals surface area contributed by atoms with E-state index in [-0.39, 0.29) is 11.3 Å². The molecule has 0 unspecified atom stereocenters. The first-order chi connectivity index (χ1) is 6.68. The van der Waals surface area contributed by atoms with Crippen LogP contribution >= 0.6 is 0 Å². The highest BCUT2D eigenvalue weighted by Crippen LogP contribution is 2.24. The topological polar surface area (TPSA) is 26.0 Å². The molecule has 0 heterocycles. The third-order valence-corrected chi connectivity index (χ3v) is 2.06. The van der Waals surface area contributed by atoms with Crippen molar-refractivity contribution in [2.45, 2.75) is 6.42 Å². The molecule has 0 bridgehead atoms. The third kappa shape index (κ3) is 1.66. The van der Waals surface area contributed by atoms with Gasteiger partial charge in [0.2, 0.25) is 0 Å². The fourth-order valence-corrected chi connectivity index (χ4v) is 1.12. The lowest BCUT2D eigenvalue weighted by Crippen LogP contribution is -1.95. The number of anilines is 1. The van der Waals surface area contributed by atoms with E-state index >= 15 is 0 Å². The summed E-state index contributed by atoms with van der Waals surface area (Å²) < 4.78 is 26.4. The van der Waals surface area contributed by atoms with Crippen LogP contribution in [0.3, 0.4) is 0 Å². The zero-order valence-electron chi connectivity index (χ0n) is 7.43. The van der Waals surface area contributed by atoms with E-state index in [2.05, 4.69) is 0 Å². The Balaban J connectivity index is 2.39. The summed E-state index contributed by atoms with van der Waals surface area (Å²) in [5.74, 6) is -1.28. The molecule has 1 aliphatic carbocycles. The van der Waals surface area contributed by atoms with Gasteiger partial charge in [0.1, 0.15) is 5.82 Å². The van der Waals surface area contributed by atoms with Gasteiger partial charge in [0.05, 0.1) is 5.69 Å². The van der Waals surface area contributed by atoms with E-state index in [4.69, 9.17) is 5.73 Å². The van der Waals surface area contributed by atoms with Gasteiger partial charge in [-0.05, 0) is 30.2 Å². The van der Waals surface area contributed by atoms with Gasteiger partial charge >= 0.3 is 0 Å². The Morgan fingerprint density at radius 3 is 2.57 bits per heavy atom. The Morgan fingerprint density at radius 2 is 1.93 bits per heavy atom. The van der Waals surface area contributed by atoms with Crippen molar-refractivity contribution < 1.29 is 8.78 Å². The van der Waals surface area contributed by atoms with Crippen LogP contribution in [0.25, 0.3) is 6.08 Å². The maximum Gasteiger partial charge on any atom is 0.156 e. The summed E-state index contributed by atoms with van der Waals surface area (Å²) >= 11 is 0. The summed E-state index contributed by atoms with van der Waals surface area (Å²) in [5.41, 5.74) is 6.31. The van der Waals surface area contributed by atoms with Crippen molar-refractivity contribution in [3.05, 3.63) is 47.1 Å². The lowest BCUT2D eigenvalue weighted by atomic mass is 10.1. The molecular formula is C11H9F2N. The smallest absolute Gasteiger partial charge is 0.156 e. The van der Waals surface area contributed by atoms with Gasteiger partial charge in [-0.1, -0.05) is 12.2 Å². The molecule has 0 amide bonds. The van der Waals surface area contributed by atoms with E-state index < -0.39 is 11.6 Å². The van der Waals surface area contributed by atoms with Crippen molar-refractivity contribution in [3.63, 3.8) is 0 Å². The number of benzene rings is 1. The fourth-order valence-electron chi connectivity index (χ4n) is 1.12. The molecule has 1 aromatic rings. The highest BCUT2D eigenvalue weighted by molar-refractivity contribution is 5.61. The number of nitrogen functional groups attached to an aromatic ring is 1. The first kappa shape index (κ1) is 8.94. The second kappa shape index (κ2) is 3.25. The van der Waals surface area contributed by atoms with Gasteiger partial charge < -0.3 is 5.73 Å². The summed E-state index contributed by atoms with van der Waals surface area (Å²) in [6.45, 7) is 0. The SMILES string of the molecule is Nc1ccc(F)c(C=CC2=CC2)c1F. The first-order valence-electron chi connectivity index (χ1n) is 4.29. The minimum atomic E-state index is -0.692. The van der Waals surface area contributed by atoms with Crippen LogP contribution in [0, 0.1) is 11.6 Å². The number of hydrogen-bond acceptors (Lipinski definition) is 1. The Morgan fingerprint density at radius 1 is 1.21 bits per heavy atom. The Bertz CT molecular complexity index is 433. The molecule has 0 fully saturated rings. The third-order valence-electron chi connectivity index (χ3n) is 2.06. The summed E-state index contributed by atoms with van der Waals surface area (Å²) in [6, 6.07) is 2.39. The predicted octanol–water partition coefficient (Wildman–Crippen LogP) is 2.89. The van der Waals surface area contributed by atoms with Crippen LogP contribution in [0.4, 0.5) is 14.5 Å². The largest absolute Gasteiger partial charge is 0.396 e. The van der Waals surface area contributed by atoms with Gasteiger partial charge in [-0.15, -0.1) is 0 Å². The Labute approximate surface area is 80.5 Å². The molecule has 0 radical (unpaired) electrons. The van der Waals surface area contributed by atoms with Crippen LogP contribution in [-0.2, 0) is 0 Å². The molecule has 0 spiro atoms. The first-order valence-corrected chi connectivity index (χ1v) is 4.29. The average molecular weight is 193 g/mol. The number of nitrogens with two attached hydrogens (primary N) is 1. The molecule has 1 aliphatic rings. The highest BCUT2D eigenvalue weighted by Gasteiger charge is 2.10. The zero-order chi connectivity index (χ0) is 10.1. The minimum Gasteiger partial charge on any atom is -0.396 e. The van der Waals surface area contributed by atoms with Crippen LogP contribution in [-0.4, -0.2) is 0 Å². The van der Waals surface area contributed by atoms with Crippen molar-refractivity contribution in [1.82, 2.24) is 0 Å². The molecule has 0 aliphatic heterocycles. The van der Waals surface area contributed by atoms with Crippen molar-refractivity contribution in [1.29, 1.82) is 0 Å². The minimum absolute atomic E-state index is 0.0316. The predicted molar refractivity (Wildman–Crippen MR) is 52.5 cm³/mol. The number of hydrogen-bond donors (Lipinski definition) is 1. The fraction of sp³-hybridized carbons (Fsp3) is 0.0909. The number of rotatable bonds is 2. The van der Waals surface area contributed by atoms with Gasteiger partial charge in [0.15, 0.2) is 5.82 Å². The molecule has 1 nitrogen and oxygen atoms in total. The summed E-state index contributed by atoms with van der Waals surface area (Å²) in [4.78, 5) is 0. The van der Waals surface area contributed by atoms with E-state index in [1.165, 1.54) is 18.2 Å².